The molecule has 2 heterocycles. The zero-order valence-electron chi connectivity index (χ0n) is 18.7. The normalized spacial score (nSPS) is 16.0. The number of benzene rings is 1. The topological polar surface area (TPSA) is 85.2 Å². The number of ether oxygens (including phenoxy) is 3. The molecule has 1 fully saturated rings. The average Bonchev–Trinajstić information content (AvgIpc) is 3.34. The fourth-order valence-corrected chi connectivity index (χ4v) is 3.70. The highest BCUT2D eigenvalue weighted by molar-refractivity contribution is 5.79. The zero-order valence-corrected chi connectivity index (χ0v) is 18.7. The Morgan fingerprint density at radius 2 is 2.00 bits per heavy atom. The van der Waals surface area contributed by atoms with E-state index in [-0.39, 0.29) is 6.04 Å². The van der Waals surface area contributed by atoms with Gasteiger partial charge in [-0.2, -0.15) is 5.10 Å². The summed E-state index contributed by atoms with van der Waals surface area (Å²) in [4.78, 5) is 6.81. The van der Waals surface area contributed by atoms with E-state index in [0.717, 1.165) is 63.3 Å². The van der Waals surface area contributed by atoms with Gasteiger partial charge in [-0.3, -0.25) is 14.6 Å². The van der Waals surface area contributed by atoms with E-state index >= 15 is 0 Å². The Morgan fingerprint density at radius 3 is 2.68 bits per heavy atom. The summed E-state index contributed by atoms with van der Waals surface area (Å²) in [5.41, 5.74) is 1.17. The Morgan fingerprint density at radius 1 is 1.19 bits per heavy atom. The first-order valence-electron chi connectivity index (χ1n) is 10.7. The Labute approximate surface area is 184 Å². The van der Waals surface area contributed by atoms with Crippen molar-refractivity contribution in [3.8, 4) is 11.5 Å². The smallest absolute Gasteiger partial charge is 0.191 e. The zero-order chi connectivity index (χ0) is 21.9. The van der Waals surface area contributed by atoms with Gasteiger partial charge in [0.25, 0.3) is 0 Å². The number of methoxy groups -OCH3 is 2. The Hall–Kier alpha value is -2.78. The van der Waals surface area contributed by atoms with Crippen molar-refractivity contribution in [1.82, 2.24) is 25.3 Å². The number of nitrogens with one attached hydrogen (secondary N) is 2. The summed E-state index contributed by atoms with van der Waals surface area (Å²) in [6.07, 6.45) is 4.74. The third kappa shape index (κ3) is 6.60. The van der Waals surface area contributed by atoms with E-state index in [9.17, 15) is 0 Å². The third-order valence-corrected chi connectivity index (χ3v) is 5.38. The SMILES string of the molecule is CN=C(NCCCn1cccn1)NCC(c1ccc(OC)c(OC)c1)N1CCOCC1. The van der Waals surface area contributed by atoms with Crippen molar-refractivity contribution in [1.29, 1.82) is 0 Å². The van der Waals surface area contributed by atoms with E-state index in [1.165, 1.54) is 5.56 Å². The van der Waals surface area contributed by atoms with E-state index in [4.69, 9.17) is 14.2 Å². The maximum atomic E-state index is 5.56. The molecule has 1 saturated heterocycles. The van der Waals surface area contributed by atoms with Gasteiger partial charge in [-0.05, 0) is 30.2 Å². The molecule has 0 saturated carbocycles. The van der Waals surface area contributed by atoms with Crippen molar-refractivity contribution >= 4 is 5.96 Å². The number of aryl methyl sites for hydroxylation is 1. The predicted molar refractivity (Wildman–Crippen MR) is 121 cm³/mol. The average molecular weight is 431 g/mol. The van der Waals surface area contributed by atoms with Crippen LogP contribution in [0.15, 0.2) is 41.7 Å². The Bertz CT molecular complexity index is 806. The van der Waals surface area contributed by atoms with Crippen LogP contribution in [0.5, 0.6) is 11.5 Å². The number of guanidine groups is 1. The molecule has 31 heavy (non-hydrogen) atoms. The standard InChI is InChI=1S/C22H34N6O3/c1-23-22(24-8-4-10-28-11-5-9-26-28)25-17-19(27-12-14-31-15-13-27)18-6-7-20(29-2)21(16-18)30-3/h5-7,9,11,16,19H,4,8,10,12-15,17H2,1-3H3,(H2,23,24,25). The second-order valence-corrected chi connectivity index (χ2v) is 7.28. The van der Waals surface area contributed by atoms with Gasteiger partial charge in [-0.15, -0.1) is 0 Å². The van der Waals surface area contributed by atoms with Crippen LogP contribution in [0, 0.1) is 0 Å². The summed E-state index contributed by atoms with van der Waals surface area (Å²) in [7, 11) is 5.11. The first-order chi connectivity index (χ1) is 15.2. The van der Waals surface area contributed by atoms with Gasteiger partial charge in [-0.25, -0.2) is 0 Å². The van der Waals surface area contributed by atoms with Gasteiger partial charge in [-0.1, -0.05) is 6.07 Å². The van der Waals surface area contributed by atoms with E-state index in [0.29, 0.717) is 6.54 Å². The molecule has 1 aromatic carbocycles. The van der Waals surface area contributed by atoms with Crippen molar-refractivity contribution < 1.29 is 14.2 Å². The molecule has 0 radical (unpaired) electrons. The largest absolute Gasteiger partial charge is 0.493 e. The van der Waals surface area contributed by atoms with Crippen LogP contribution < -0.4 is 20.1 Å². The minimum atomic E-state index is 0.159. The second-order valence-electron chi connectivity index (χ2n) is 7.28. The minimum absolute atomic E-state index is 0.159. The van der Waals surface area contributed by atoms with E-state index in [2.05, 4.69) is 37.8 Å². The Balaban J connectivity index is 1.61. The lowest BCUT2D eigenvalue weighted by molar-refractivity contribution is 0.0169. The number of nitrogens with zero attached hydrogens (tertiary/aromatic N) is 4. The highest BCUT2D eigenvalue weighted by atomic mass is 16.5. The summed E-state index contributed by atoms with van der Waals surface area (Å²) in [6.45, 7) is 5.66. The van der Waals surface area contributed by atoms with Gasteiger partial charge in [0.1, 0.15) is 0 Å². The fourth-order valence-electron chi connectivity index (χ4n) is 3.70. The van der Waals surface area contributed by atoms with E-state index in [1.54, 1.807) is 27.5 Å². The fraction of sp³-hybridized carbons (Fsp3) is 0.545. The number of aromatic nitrogens is 2. The lowest BCUT2D eigenvalue weighted by Crippen LogP contribution is -2.46. The van der Waals surface area contributed by atoms with Gasteiger partial charge in [0.05, 0.1) is 33.5 Å². The van der Waals surface area contributed by atoms with Gasteiger partial charge in [0, 0.05) is 52.2 Å². The highest BCUT2D eigenvalue weighted by Gasteiger charge is 2.24. The molecule has 0 bridgehead atoms. The van der Waals surface area contributed by atoms with Crippen LogP contribution in [-0.4, -0.2) is 81.3 Å². The van der Waals surface area contributed by atoms with Crippen molar-refractivity contribution in [2.75, 3.05) is 60.7 Å². The van der Waals surface area contributed by atoms with Crippen LogP contribution in [0.1, 0.15) is 18.0 Å². The van der Waals surface area contributed by atoms with E-state index < -0.39 is 0 Å². The van der Waals surface area contributed by atoms with Crippen LogP contribution in [-0.2, 0) is 11.3 Å². The molecule has 2 aromatic rings. The van der Waals surface area contributed by atoms with Crippen molar-refractivity contribution in [3.05, 3.63) is 42.2 Å². The molecule has 3 rings (SSSR count). The molecule has 0 spiro atoms. The number of hydrogen-bond donors (Lipinski definition) is 2. The minimum Gasteiger partial charge on any atom is -0.493 e. The molecule has 9 nitrogen and oxygen atoms in total. The van der Waals surface area contributed by atoms with Crippen molar-refractivity contribution in [3.63, 3.8) is 0 Å². The lowest BCUT2D eigenvalue weighted by atomic mass is 10.0. The van der Waals surface area contributed by atoms with Gasteiger partial charge >= 0.3 is 0 Å². The maximum absolute atomic E-state index is 5.56. The van der Waals surface area contributed by atoms with E-state index in [1.807, 2.05) is 23.0 Å². The number of rotatable bonds is 10. The molecule has 1 aromatic heterocycles. The van der Waals surface area contributed by atoms with Crippen LogP contribution in [0.4, 0.5) is 0 Å². The number of hydrogen-bond acceptors (Lipinski definition) is 6. The quantitative estimate of drug-likeness (QED) is 0.336. The van der Waals surface area contributed by atoms with Crippen LogP contribution >= 0.6 is 0 Å². The number of aliphatic imine (C=N–C) groups is 1. The summed E-state index contributed by atoms with van der Waals surface area (Å²) >= 11 is 0. The van der Waals surface area contributed by atoms with Gasteiger partial charge in [0.15, 0.2) is 17.5 Å². The van der Waals surface area contributed by atoms with Crippen molar-refractivity contribution in [2.24, 2.45) is 4.99 Å². The molecule has 1 aliphatic heterocycles. The molecule has 1 atom stereocenters. The molecule has 1 unspecified atom stereocenters. The van der Waals surface area contributed by atoms with Crippen LogP contribution in [0.3, 0.4) is 0 Å². The molecule has 9 heteroatoms. The Kier molecular flexibility index (Phi) is 8.99. The van der Waals surface area contributed by atoms with Crippen LogP contribution in [0.2, 0.25) is 0 Å². The third-order valence-electron chi connectivity index (χ3n) is 5.38. The maximum Gasteiger partial charge on any atom is 0.191 e. The van der Waals surface area contributed by atoms with Crippen LogP contribution in [0.25, 0.3) is 0 Å². The molecular weight excluding hydrogens is 396 g/mol. The number of morpholine rings is 1. The first kappa shape index (κ1) is 22.9. The molecule has 170 valence electrons. The van der Waals surface area contributed by atoms with Gasteiger partial charge in [0.2, 0.25) is 0 Å². The lowest BCUT2D eigenvalue weighted by Gasteiger charge is -2.35. The van der Waals surface area contributed by atoms with Gasteiger partial charge < -0.3 is 24.8 Å². The highest BCUT2D eigenvalue weighted by Crippen LogP contribution is 2.32. The summed E-state index contributed by atoms with van der Waals surface area (Å²) in [5, 5.41) is 11.1. The predicted octanol–water partition coefficient (Wildman–Crippen LogP) is 1.53. The summed E-state index contributed by atoms with van der Waals surface area (Å²) < 4.78 is 18.4. The molecular formula is C22H34N6O3. The molecule has 2 N–H and O–H groups in total. The molecule has 0 aliphatic carbocycles. The second kappa shape index (κ2) is 12.2. The monoisotopic (exact) mass is 430 g/mol. The summed E-state index contributed by atoms with van der Waals surface area (Å²) in [6, 6.07) is 8.22. The van der Waals surface area contributed by atoms with Crippen molar-refractivity contribution in [2.45, 2.75) is 19.0 Å². The molecule has 1 aliphatic rings. The summed E-state index contributed by atoms with van der Waals surface area (Å²) in [5.74, 6) is 2.26. The molecule has 0 amide bonds. The first-order valence-corrected chi connectivity index (χ1v) is 10.7.